The van der Waals surface area contributed by atoms with E-state index in [1.807, 2.05) is 36.4 Å². The van der Waals surface area contributed by atoms with Crippen molar-refractivity contribution in [3.63, 3.8) is 0 Å². The van der Waals surface area contributed by atoms with Gasteiger partial charge in [0.25, 0.3) is 0 Å². The van der Waals surface area contributed by atoms with Crippen molar-refractivity contribution in [2.75, 3.05) is 0 Å². The lowest BCUT2D eigenvalue weighted by Crippen LogP contribution is -1.88. The summed E-state index contributed by atoms with van der Waals surface area (Å²) in [6.07, 6.45) is 0. The van der Waals surface area contributed by atoms with Crippen LogP contribution in [-0.2, 0) is 0 Å². The van der Waals surface area contributed by atoms with Crippen molar-refractivity contribution in [2.45, 2.75) is 6.92 Å². The lowest BCUT2D eigenvalue weighted by atomic mass is 10.0. The first-order chi connectivity index (χ1) is 8.29. The van der Waals surface area contributed by atoms with E-state index in [1.165, 1.54) is 5.56 Å². The van der Waals surface area contributed by atoms with Gasteiger partial charge in [-0.3, -0.25) is 0 Å². The lowest BCUT2D eigenvalue weighted by molar-refractivity contribution is 1.44. The summed E-state index contributed by atoms with van der Waals surface area (Å²) in [5, 5.41) is 11.1. The van der Waals surface area contributed by atoms with Crippen LogP contribution in [0.1, 0.15) is 11.1 Å². The third-order valence-corrected chi connectivity index (χ3v) is 3.08. The molecule has 0 bridgehead atoms. The van der Waals surface area contributed by atoms with Gasteiger partial charge in [0.2, 0.25) is 0 Å². The van der Waals surface area contributed by atoms with Crippen molar-refractivity contribution >= 4 is 21.8 Å². The highest BCUT2D eigenvalue weighted by Crippen LogP contribution is 2.25. The number of nitrogens with zero attached hydrogens (tertiary/aromatic N) is 2. The maximum Gasteiger partial charge on any atom is 0.0991 e. The number of para-hydroxylation sites is 1. The Hall–Kier alpha value is -2.40. The molecule has 0 fully saturated rings. The normalized spacial score (nSPS) is 10.6. The standard InChI is InChI=1S/C15H10N2/c1-10-12-4-2-3-5-14(12)17-15-7-6-11(9-16)8-13(10)15/h2-8H,1H3. The number of nitriles is 1. The van der Waals surface area contributed by atoms with Crippen LogP contribution >= 0.6 is 0 Å². The molecule has 3 aromatic rings. The summed E-state index contributed by atoms with van der Waals surface area (Å²) < 4.78 is 0. The highest BCUT2D eigenvalue weighted by Gasteiger charge is 2.05. The number of fused-ring (bicyclic) bond motifs is 2. The molecule has 0 saturated heterocycles. The van der Waals surface area contributed by atoms with Gasteiger partial charge in [-0.15, -0.1) is 0 Å². The number of rotatable bonds is 0. The molecule has 80 valence electrons. The molecule has 0 unspecified atom stereocenters. The zero-order chi connectivity index (χ0) is 11.8. The minimum absolute atomic E-state index is 0.678. The van der Waals surface area contributed by atoms with Gasteiger partial charge in [0.05, 0.1) is 22.7 Å². The van der Waals surface area contributed by atoms with Gasteiger partial charge in [-0.2, -0.15) is 5.26 Å². The van der Waals surface area contributed by atoms with Crippen molar-refractivity contribution in [3.8, 4) is 6.07 Å². The molecule has 0 aliphatic heterocycles. The van der Waals surface area contributed by atoms with Crippen LogP contribution in [0.15, 0.2) is 42.5 Å². The van der Waals surface area contributed by atoms with Crippen LogP contribution in [0, 0.1) is 18.3 Å². The van der Waals surface area contributed by atoms with E-state index in [4.69, 9.17) is 5.26 Å². The van der Waals surface area contributed by atoms with E-state index < -0.39 is 0 Å². The van der Waals surface area contributed by atoms with E-state index >= 15 is 0 Å². The number of pyridine rings is 1. The van der Waals surface area contributed by atoms with Gasteiger partial charge < -0.3 is 0 Å². The third-order valence-electron chi connectivity index (χ3n) is 3.08. The predicted octanol–water partition coefficient (Wildman–Crippen LogP) is 3.57. The maximum absolute atomic E-state index is 8.93. The Kier molecular flexibility index (Phi) is 2.06. The topological polar surface area (TPSA) is 36.7 Å². The second kappa shape index (κ2) is 3.57. The molecule has 3 rings (SSSR count). The molecule has 0 aliphatic carbocycles. The zero-order valence-electron chi connectivity index (χ0n) is 9.44. The first-order valence-corrected chi connectivity index (χ1v) is 5.49. The molecule has 0 amide bonds. The fourth-order valence-corrected chi connectivity index (χ4v) is 2.17. The van der Waals surface area contributed by atoms with Crippen molar-refractivity contribution in [1.29, 1.82) is 5.26 Å². The Morgan fingerprint density at radius 1 is 1.00 bits per heavy atom. The van der Waals surface area contributed by atoms with Crippen molar-refractivity contribution in [1.82, 2.24) is 4.98 Å². The van der Waals surface area contributed by atoms with Gasteiger partial charge in [-0.05, 0) is 36.8 Å². The lowest BCUT2D eigenvalue weighted by Gasteiger charge is -2.06. The average molecular weight is 218 g/mol. The van der Waals surface area contributed by atoms with Gasteiger partial charge >= 0.3 is 0 Å². The van der Waals surface area contributed by atoms with E-state index in [1.54, 1.807) is 0 Å². The Balaban J connectivity index is 2.52. The molecule has 2 nitrogen and oxygen atoms in total. The Morgan fingerprint density at radius 3 is 2.59 bits per heavy atom. The highest BCUT2D eigenvalue weighted by molar-refractivity contribution is 5.97. The Morgan fingerprint density at radius 2 is 1.76 bits per heavy atom. The van der Waals surface area contributed by atoms with Gasteiger partial charge in [-0.1, -0.05) is 18.2 Å². The number of hydrogen-bond acceptors (Lipinski definition) is 2. The molecule has 1 heterocycles. The predicted molar refractivity (Wildman–Crippen MR) is 68.7 cm³/mol. The molecule has 0 spiro atoms. The van der Waals surface area contributed by atoms with Crippen LogP contribution in [0.5, 0.6) is 0 Å². The summed E-state index contributed by atoms with van der Waals surface area (Å²) in [7, 11) is 0. The minimum Gasteiger partial charge on any atom is -0.248 e. The first-order valence-electron chi connectivity index (χ1n) is 5.49. The van der Waals surface area contributed by atoms with Crippen LogP contribution in [0.2, 0.25) is 0 Å². The SMILES string of the molecule is Cc1c2ccccc2nc2ccc(C#N)cc12. The summed E-state index contributed by atoms with van der Waals surface area (Å²) >= 11 is 0. The minimum atomic E-state index is 0.678. The van der Waals surface area contributed by atoms with Crippen LogP contribution in [-0.4, -0.2) is 4.98 Å². The van der Waals surface area contributed by atoms with E-state index in [0.717, 1.165) is 21.8 Å². The molecule has 0 aliphatic rings. The van der Waals surface area contributed by atoms with Crippen LogP contribution < -0.4 is 0 Å². The van der Waals surface area contributed by atoms with Gasteiger partial charge in [0.1, 0.15) is 0 Å². The average Bonchev–Trinajstić information content (AvgIpc) is 2.39. The molecule has 2 heteroatoms. The van der Waals surface area contributed by atoms with Gasteiger partial charge in [0, 0.05) is 10.8 Å². The summed E-state index contributed by atoms with van der Waals surface area (Å²) in [5.41, 5.74) is 3.81. The molecule has 17 heavy (non-hydrogen) atoms. The maximum atomic E-state index is 8.93. The van der Waals surface area contributed by atoms with E-state index in [-0.39, 0.29) is 0 Å². The molecule has 0 N–H and O–H groups in total. The fourth-order valence-electron chi connectivity index (χ4n) is 2.17. The molecular formula is C15H10N2. The first kappa shape index (κ1) is 9.80. The van der Waals surface area contributed by atoms with Crippen LogP contribution in [0.4, 0.5) is 0 Å². The molecular weight excluding hydrogens is 208 g/mol. The van der Waals surface area contributed by atoms with E-state index in [0.29, 0.717) is 5.56 Å². The Bertz CT molecular complexity index is 767. The molecule has 0 saturated carbocycles. The molecule has 2 aromatic carbocycles. The van der Waals surface area contributed by atoms with Crippen LogP contribution in [0.25, 0.3) is 21.8 Å². The molecule has 0 atom stereocenters. The van der Waals surface area contributed by atoms with Crippen molar-refractivity contribution < 1.29 is 0 Å². The fraction of sp³-hybridized carbons (Fsp3) is 0.0667. The summed E-state index contributed by atoms with van der Waals surface area (Å²) in [6, 6.07) is 15.9. The van der Waals surface area contributed by atoms with Crippen molar-refractivity contribution in [3.05, 3.63) is 53.6 Å². The quantitative estimate of drug-likeness (QED) is 0.541. The number of benzene rings is 2. The largest absolute Gasteiger partial charge is 0.248 e. The smallest absolute Gasteiger partial charge is 0.0991 e. The monoisotopic (exact) mass is 218 g/mol. The van der Waals surface area contributed by atoms with E-state index in [2.05, 4.69) is 24.0 Å². The summed E-state index contributed by atoms with van der Waals surface area (Å²) in [4.78, 5) is 4.60. The second-order valence-electron chi connectivity index (χ2n) is 4.10. The highest BCUT2D eigenvalue weighted by atomic mass is 14.7. The van der Waals surface area contributed by atoms with E-state index in [9.17, 15) is 0 Å². The molecule has 1 aromatic heterocycles. The van der Waals surface area contributed by atoms with Gasteiger partial charge in [-0.25, -0.2) is 4.98 Å². The zero-order valence-corrected chi connectivity index (χ0v) is 9.44. The second-order valence-corrected chi connectivity index (χ2v) is 4.10. The summed E-state index contributed by atoms with van der Waals surface area (Å²) in [5.74, 6) is 0. The van der Waals surface area contributed by atoms with Gasteiger partial charge in [0.15, 0.2) is 0 Å². The van der Waals surface area contributed by atoms with Crippen LogP contribution in [0.3, 0.4) is 0 Å². The molecule has 0 radical (unpaired) electrons. The number of hydrogen-bond donors (Lipinski definition) is 0. The number of aromatic nitrogens is 1. The number of aryl methyl sites for hydroxylation is 1. The van der Waals surface area contributed by atoms with Crippen molar-refractivity contribution in [2.24, 2.45) is 0 Å². The third kappa shape index (κ3) is 1.44. The Labute approximate surface area is 99.1 Å². The summed E-state index contributed by atoms with van der Waals surface area (Å²) in [6.45, 7) is 2.08.